The fourth-order valence-electron chi connectivity index (χ4n) is 4.28. The van der Waals surface area contributed by atoms with E-state index in [4.69, 9.17) is 23.2 Å². The first-order valence-corrected chi connectivity index (χ1v) is 10.6. The van der Waals surface area contributed by atoms with Crippen LogP contribution in [-0.2, 0) is 0 Å². The third-order valence-corrected chi connectivity index (χ3v) is 6.59. The van der Waals surface area contributed by atoms with Gasteiger partial charge >= 0.3 is 0 Å². The van der Waals surface area contributed by atoms with E-state index in [0.29, 0.717) is 22.5 Å². The molecule has 4 rings (SSSR count). The van der Waals surface area contributed by atoms with Gasteiger partial charge in [0.1, 0.15) is 0 Å². The average Bonchev–Trinajstić information content (AvgIpc) is 3.19. The number of halogens is 2. The minimum Gasteiger partial charge on any atom is -0.378 e. The molecule has 146 valence electrons. The number of amides is 1. The number of hydrogen-bond acceptors (Lipinski definition) is 2. The highest BCUT2D eigenvalue weighted by Crippen LogP contribution is 2.51. The highest BCUT2D eigenvalue weighted by atomic mass is 35.5. The zero-order valence-corrected chi connectivity index (χ0v) is 17.4. The Morgan fingerprint density at radius 3 is 2.89 bits per heavy atom. The number of fused-ring (bicyclic) bond motifs is 3. The van der Waals surface area contributed by atoms with Crippen LogP contribution in [0.4, 0.5) is 5.69 Å². The van der Waals surface area contributed by atoms with Crippen molar-refractivity contribution in [2.45, 2.75) is 38.1 Å². The van der Waals surface area contributed by atoms with Crippen LogP contribution in [0, 0.1) is 5.92 Å². The molecule has 2 aromatic rings. The van der Waals surface area contributed by atoms with Crippen LogP contribution in [0.2, 0.25) is 10.0 Å². The van der Waals surface area contributed by atoms with Gasteiger partial charge in [-0.3, -0.25) is 4.79 Å². The zero-order valence-electron chi connectivity index (χ0n) is 15.8. The third kappa shape index (κ3) is 3.54. The number of rotatable bonds is 5. The number of carbonyl (C=O) groups excluding carboxylic acids is 1. The Morgan fingerprint density at radius 2 is 2.07 bits per heavy atom. The second kappa shape index (κ2) is 8.18. The van der Waals surface area contributed by atoms with Crippen molar-refractivity contribution in [3.8, 4) is 0 Å². The second-order valence-electron chi connectivity index (χ2n) is 7.53. The predicted octanol–water partition coefficient (Wildman–Crippen LogP) is 6.35. The average molecular weight is 415 g/mol. The van der Waals surface area contributed by atoms with Crippen LogP contribution in [0.5, 0.6) is 0 Å². The Kier molecular flexibility index (Phi) is 5.65. The van der Waals surface area contributed by atoms with Crippen molar-refractivity contribution >= 4 is 34.8 Å². The molecule has 3 unspecified atom stereocenters. The summed E-state index contributed by atoms with van der Waals surface area (Å²) in [5.74, 6) is 0.608. The van der Waals surface area contributed by atoms with Crippen LogP contribution in [0.25, 0.3) is 0 Å². The lowest BCUT2D eigenvalue weighted by molar-refractivity contribution is 0.0953. The van der Waals surface area contributed by atoms with Crippen molar-refractivity contribution in [3.05, 3.63) is 75.3 Å². The van der Waals surface area contributed by atoms with E-state index in [-0.39, 0.29) is 17.9 Å². The van der Waals surface area contributed by atoms with E-state index in [9.17, 15) is 4.79 Å². The van der Waals surface area contributed by atoms with Gasteiger partial charge in [-0.1, -0.05) is 60.8 Å². The lowest BCUT2D eigenvalue weighted by atomic mass is 9.76. The molecule has 2 N–H and O–H groups in total. The van der Waals surface area contributed by atoms with Gasteiger partial charge in [0.2, 0.25) is 0 Å². The van der Waals surface area contributed by atoms with Gasteiger partial charge in [-0.25, -0.2) is 0 Å². The molecule has 0 saturated carbocycles. The van der Waals surface area contributed by atoms with E-state index in [0.717, 1.165) is 36.1 Å². The van der Waals surface area contributed by atoms with Crippen molar-refractivity contribution in [1.29, 1.82) is 0 Å². The molecular weight excluding hydrogens is 391 g/mol. The van der Waals surface area contributed by atoms with Crippen LogP contribution < -0.4 is 10.6 Å². The molecule has 3 nitrogen and oxygen atoms in total. The van der Waals surface area contributed by atoms with Crippen molar-refractivity contribution in [2.24, 2.45) is 5.92 Å². The molecule has 0 aromatic heterocycles. The Labute approximate surface area is 176 Å². The molecule has 5 heteroatoms. The van der Waals surface area contributed by atoms with Crippen LogP contribution in [-0.4, -0.2) is 12.5 Å². The molecule has 2 aliphatic rings. The smallest absolute Gasteiger partial charge is 0.251 e. The van der Waals surface area contributed by atoms with Gasteiger partial charge in [-0.2, -0.15) is 0 Å². The lowest BCUT2D eigenvalue weighted by Crippen LogP contribution is -2.30. The van der Waals surface area contributed by atoms with Gasteiger partial charge in [0.15, 0.2) is 0 Å². The number of nitrogens with one attached hydrogen (secondary N) is 2. The molecule has 1 amide bonds. The molecule has 1 aliphatic heterocycles. The molecule has 1 heterocycles. The molecule has 0 spiro atoms. The van der Waals surface area contributed by atoms with Crippen molar-refractivity contribution < 1.29 is 4.79 Å². The van der Waals surface area contributed by atoms with Crippen LogP contribution >= 0.6 is 23.2 Å². The topological polar surface area (TPSA) is 41.1 Å². The number of carbonyl (C=O) groups is 1. The van der Waals surface area contributed by atoms with E-state index < -0.39 is 0 Å². The first kappa shape index (κ1) is 19.4. The predicted molar refractivity (Wildman–Crippen MR) is 116 cm³/mol. The highest BCUT2D eigenvalue weighted by molar-refractivity contribution is 6.42. The van der Waals surface area contributed by atoms with Gasteiger partial charge in [-0.15, -0.1) is 0 Å². The van der Waals surface area contributed by atoms with Crippen LogP contribution in [0.1, 0.15) is 59.6 Å². The van der Waals surface area contributed by atoms with Gasteiger partial charge in [-0.05, 0) is 54.2 Å². The van der Waals surface area contributed by atoms with Crippen LogP contribution in [0.3, 0.4) is 0 Å². The summed E-state index contributed by atoms with van der Waals surface area (Å²) in [6, 6.07) is 11.8. The molecule has 1 aliphatic carbocycles. The van der Waals surface area contributed by atoms with Gasteiger partial charge in [0, 0.05) is 23.7 Å². The summed E-state index contributed by atoms with van der Waals surface area (Å²) in [6.45, 7) is 2.83. The maximum Gasteiger partial charge on any atom is 0.251 e. The van der Waals surface area contributed by atoms with E-state index in [1.54, 1.807) is 0 Å². The summed E-state index contributed by atoms with van der Waals surface area (Å²) in [7, 11) is 0. The molecule has 28 heavy (non-hydrogen) atoms. The minimum absolute atomic E-state index is 0.00483. The fraction of sp³-hybridized carbons (Fsp3) is 0.348. The summed E-state index contributed by atoms with van der Waals surface area (Å²) in [5.41, 5.74) is 3.98. The Balaban J connectivity index is 1.65. The Bertz CT molecular complexity index is 925. The minimum atomic E-state index is -0.00483. The molecule has 0 bridgehead atoms. The molecule has 0 radical (unpaired) electrons. The Morgan fingerprint density at radius 1 is 1.21 bits per heavy atom. The van der Waals surface area contributed by atoms with Gasteiger partial charge in [0.05, 0.1) is 16.1 Å². The summed E-state index contributed by atoms with van der Waals surface area (Å²) in [5, 5.41) is 7.85. The normalized spacial score (nSPS) is 22.3. The third-order valence-electron chi connectivity index (χ3n) is 5.76. The summed E-state index contributed by atoms with van der Waals surface area (Å²) in [4.78, 5) is 12.5. The van der Waals surface area contributed by atoms with Crippen molar-refractivity contribution in [2.75, 3.05) is 11.9 Å². The van der Waals surface area contributed by atoms with Crippen LogP contribution in [0.15, 0.2) is 48.6 Å². The number of unbranched alkanes of at least 4 members (excludes halogenated alkanes) is 1. The fourth-order valence-corrected chi connectivity index (χ4v) is 4.71. The van der Waals surface area contributed by atoms with Crippen molar-refractivity contribution in [1.82, 2.24) is 5.32 Å². The molecule has 0 fully saturated rings. The number of anilines is 1. The van der Waals surface area contributed by atoms with E-state index in [2.05, 4.69) is 29.7 Å². The zero-order chi connectivity index (χ0) is 19.7. The Hall–Kier alpha value is -1.97. The van der Waals surface area contributed by atoms with E-state index in [1.807, 2.05) is 36.4 Å². The highest BCUT2D eigenvalue weighted by Gasteiger charge is 2.39. The maximum atomic E-state index is 12.5. The monoisotopic (exact) mass is 414 g/mol. The number of allylic oxidation sites excluding steroid dienone is 2. The summed E-state index contributed by atoms with van der Waals surface area (Å²) < 4.78 is 0. The second-order valence-corrected chi connectivity index (χ2v) is 8.32. The number of benzene rings is 2. The largest absolute Gasteiger partial charge is 0.378 e. The van der Waals surface area contributed by atoms with Crippen molar-refractivity contribution in [3.63, 3.8) is 0 Å². The van der Waals surface area contributed by atoms with E-state index >= 15 is 0 Å². The quantitative estimate of drug-likeness (QED) is 0.441. The van der Waals surface area contributed by atoms with E-state index in [1.165, 1.54) is 5.56 Å². The standard InChI is InChI=1S/C23H24Cl2N2O/c1-2-3-12-26-23(28)14-10-11-20-18(13-14)15-6-4-7-16(15)22(27-20)17-8-5-9-19(24)21(17)25/h4-6,8-11,13,15-16,22,27H,2-3,7,12H2,1H3,(H,26,28). The summed E-state index contributed by atoms with van der Waals surface area (Å²) >= 11 is 12.8. The number of hydrogen-bond donors (Lipinski definition) is 2. The first-order valence-electron chi connectivity index (χ1n) is 9.89. The summed E-state index contributed by atoms with van der Waals surface area (Å²) in [6.07, 6.45) is 7.52. The SMILES string of the molecule is CCCCNC(=O)c1ccc2c(c1)C1C=CCC1C(c1cccc(Cl)c1Cl)N2. The molecule has 2 aromatic carbocycles. The van der Waals surface area contributed by atoms with Gasteiger partial charge in [0.25, 0.3) is 5.91 Å². The maximum absolute atomic E-state index is 12.5. The molecular formula is C23H24Cl2N2O. The molecule has 0 saturated heterocycles. The lowest BCUT2D eigenvalue weighted by Gasteiger charge is -2.38. The van der Waals surface area contributed by atoms with Gasteiger partial charge < -0.3 is 10.6 Å². The molecule has 3 atom stereocenters. The first-order chi connectivity index (χ1) is 13.6.